The van der Waals surface area contributed by atoms with Gasteiger partial charge in [-0.05, 0) is 48.6 Å². The first-order chi connectivity index (χ1) is 12.2. The van der Waals surface area contributed by atoms with Crippen molar-refractivity contribution in [2.24, 2.45) is 0 Å². The zero-order valence-electron chi connectivity index (χ0n) is 14.6. The summed E-state index contributed by atoms with van der Waals surface area (Å²) in [7, 11) is 1.67. The first kappa shape index (κ1) is 17.8. The molecule has 0 aromatic heterocycles. The van der Waals surface area contributed by atoms with Crippen molar-refractivity contribution in [1.29, 1.82) is 0 Å². The molecule has 0 unspecified atom stereocenters. The number of amides is 1. The van der Waals surface area contributed by atoms with Gasteiger partial charge < -0.3 is 10.1 Å². The van der Waals surface area contributed by atoms with E-state index < -0.39 is 5.41 Å². The molecule has 0 heterocycles. The van der Waals surface area contributed by atoms with Crippen molar-refractivity contribution in [1.82, 2.24) is 5.32 Å². The molecule has 1 amide bonds. The second-order valence-corrected chi connectivity index (χ2v) is 7.05. The summed E-state index contributed by atoms with van der Waals surface area (Å²) >= 11 is 6.16. The predicted octanol–water partition coefficient (Wildman–Crippen LogP) is 4.52. The van der Waals surface area contributed by atoms with Gasteiger partial charge in [-0.15, -0.1) is 0 Å². The van der Waals surface area contributed by atoms with Crippen molar-refractivity contribution < 1.29 is 9.53 Å². The highest BCUT2D eigenvalue weighted by Crippen LogP contribution is 2.42. The minimum Gasteiger partial charge on any atom is -0.496 e. The Kier molecular flexibility index (Phi) is 5.64. The fraction of sp³-hybridized carbons (Fsp3) is 0.381. The van der Waals surface area contributed by atoms with Crippen LogP contribution in [0.25, 0.3) is 0 Å². The van der Waals surface area contributed by atoms with E-state index in [0.29, 0.717) is 11.6 Å². The van der Waals surface area contributed by atoms with E-state index in [1.54, 1.807) is 7.11 Å². The van der Waals surface area contributed by atoms with Crippen molar-refractivity contribution in [2.75, 3.05) is 13.7 Å². The van der Waals surface area contributed by atoms with Crippen LogP contribution in [0.2, 0.25) is 5.02 Å². The van der Waals surface area contributed by atoms with E-state index in [9.17, 15) is 4.79 Å². The fourth-order valence-corrected chi connectivity index (χ4v) is 3.99. The number of benzene rings is 2. The number of methoxy groups -OCH3 is 1. The van der Waals surface area contributed by atoms with Crippen LogP contribution in [0.5, 0.6) is 5.75 Å². The molecule has 0 saturated heterocycles. The second-order valence-electron chi connectivity index (χ2n) is 6.62. The van der Waals surface area contributed by atoms with Crippen LogP contribution in [0.4, 0.5) is 0 Å². The Labute approximate surface area is 154 Å². The largest absolute Gasteiger partial charge is 0.496 e. The van der Waals surface area contributed by atoms with Crippen LogP contribution < -0.4 is 10.1 Å². The van der Waals surface area contributed by atoms with E-state index in [-0.39, 0.29) is 5.91 Å². The molecule has 1 fully saturated rings. The molecule has 1 N–H and O–H groups in total. The number of hydrogen-bond acceptors (Lipinski definition) is 2. The third-order valence-corrected chi connectivity index (χ3v) is 5.38. The molecule has 0 radical (unpaired) electrons. The molecule has 1 aliphatic carbocycles. The molecule has 1 aliphatic rings. The number of hydrogen-bond donors (Lipinski definition) is 1. The summed E-state index contributed by atoms with van der Waals surface area (Å²) in [5, 5.41) is 3.83. The number of carbonyl (C=O) groups excluding carboxylic acids is 1. The van der Waals surface area contributed by atoms with Crippen molar-refractivity contribution in [2.45, 2.75) is 37.5 Å². The summed E-state index contributed by atoms with van der Waals surface area (Å²) < 4.78 is 5.38. The summed E-state index contributed by atoms with van der Waals surface area (Å²) in [4.78, 5) is 13.0. The molecule has 25 heavy (non-hydrogen) atoms. The highest BCUT2D eigenvalue weighted by Gasteiger charge is 2.42. The molecule has 132 valence electrons. The number of rotatable bonds is 6. The van der Waals surface area contributed by atoms with Crippen molar-refractivity contribution in [3.63, 3.8) is 0 Å². The van der Waals surface area contributed by atoms with Gasteiger partial charge in [-0.2, -0.15) is 0 Å². The lowest BCUT2D eigenvalue weighted by atomic mass is 9.78. The third-order valence-electron chi connectivity index (χ3n) is 5.14. The van der Waals surface area contributed by atoms with Crippen LogP contribution in [0.15, 0.2) is 48.5 Å². The van der Waals surface area contributed by atoms with Crippen LogP contribution in [0, 0.1) is 0 Å². The maximum Gasteiger partial charge on any atom is 0.230 e. The molecular weight excluding hydrogens is 334 g/mol. The quantitative estimate of drug-likeness (QED) is 0.825. The minimum absolute atomic E-state index is 0.113. The van der Waals surface area contributed by atoms with Crippen molar-refractivity contribution in [3.8, 4) is 5.75 Å². The van der Waals surface area contributed by atoms with Gasteiger partial charge in [0.1, 0.15) is 5.75 Å². The SMILES string of the molecule is COc1ccccc1CCNC(=O)C1(c2cccc(Cl)c2)CCCC1. The number of halogens is 1. The summed E-state index contributed by atoms with van der Waals surface area (Å²) in [6, 6.07) is 15.7. The first-order valence-corrected chi connectivity index (χ1v) is 9.20. The molecule has 4 heteroatoms. The number of nitrogens with one attached hydrogen (secondary N) is 1. The minimum atomic E-state index is -0.439. The smallest absolute Gasteiger partial charge is 0.230 e. The van der Waals surface area contributed by atoms with Gasteiger partial charge in [0.25, 0.3) is 0 Å². The molecule has 3 rings (SSSR count). The van der Waals surface area contributed by atoms with Crippen LogP contribution >= 0.6 is 11.6 Å². The van der Waals surface area contributed by atoms with Gasteiger partial charge in [-0.1, -0.05) is 54.8 Å². The van der Waals surface area contributed by atoms with Gasteiger partial charge in [0.15, 0.2) is 0 Å². The van der Waals surface area contributed by atoms with Gasteiger partial charge in [0.2, 0.25) is 5.91 Å². The Morgan fingerprint density at radius 1 is 1.16 bits per heavy atom. The Hall–Kier alpha value is -2.00. The lowest BCUT2D eigenvalue weighted by molar-refractivity contribution is -0.126. The topological polar surface area (TPSA) is 38.3 Å². The van der Waals surface area contributed by atoms with Gasteiger partial charge in [-0.3, -0.25) is 4.79 Å². The van der Waals surface area contributed by atoms with Gasteiger partial charge >= 0.3 is 0 Å². The lowest BCUT2D eigenvalue weighted by Gasteiger charge is -2.28. The molecule has 2 aromatic carbocycles. The van der Waals surface area contributed by atoms with E-state index in [2.05, 4.69) is 5.32 Å². The summed E-state index contributed by atoms with van der Waals surface area (Å²) in [5.74, 6) is 0.976. The Bertz CT molecular complexity index is 738. The molecule has 2 aromatic rings. The maximum absolute atomic E-state index is 13.0. The Morgan fingerprint density at radius 2 is 1.92 bits per heavy atom. The van der Waals surface area contributed by atoms with Crippen LogP contribution in [0.1, 0.15) is 36.8 Å². The van der Waals surface area contributed by atoms with Crippen molar-refractivity contribution >= 4 is 17.5 Å². The Balaban J connectivity index is 1.70. The zero-order chi connectivity index (χ0) is 17.7. The number of para-hydroxylation sites is 1. The van der Waals surface area contributed by atoms with Crippen molar-refractivity contribution in [3.05, 3.63) is 64.7 Å². The monoisotopic (exact) mass is 357 g/mol. The van der Waals surface area contributed by atoms with E-state index >= 15 is 0 Å². The van der Waals surface area contributed by atoms with E-state index in [4.69, 9.17) is 16.3 Å². The van der Waals surface area contributed by atoms with Gasteiger partial charge in [0, 0.05) is 11.6 Å². The summed E-state index contributed by atoms with van der Waals surface area (Å²) in [6.45, 7) is 0.599. The highest BCUT2D eigenvalue weighted by molar-refractivity contribution is 6.30. The van der Waals surface area contributed by atoms with E-state index in [1.807, 2.05) is 48.5 Å². The third kappa shape index (κ3) is 3.82. The average molecular weight is 358 g/mol. The molecular formula is C21H24ClNO2. The molecule has 0 bridgehead atoms. The predicted molar refractivity (Wildman–Crippen MR) is 101 cm³/mol. The Morgan fingerprint density at radius 3 is 2.64 bits per heavy atom. The lowest BCUT2D eigenvalue weighted by Crippen LogP contribution is -2.43. The number of ether oxygens (including phenoxy) is 1. The van der Waals surface area contributed by atoms with Crippen LogP contribution in [-0.2, 0) is 16.6 Å². The molecule has 0 aliphatic heterocycles. The average Bonchev–Trinajstić information content (AvgIpc) is 3.13. The zero-order valence-corrected chi connectivity index (χ0v) is 15.3. The van der Waals surface area contributed by atoms with Gasteiger partial charge in [-0.25, -0.2) is 0 Å². The normalized spacial score (nSPS) is 15.8. The molecule has 0 atom stereocenters. The second kappa shape index (κ2) is 7.92. The molecule has 1 saturated carbocycles. The molecule has 0 spiro atoms. The highest BCUT2D eigenvalue weighted by atomic mass is 35.5. The summed E-state index contributed by atoms with van der Waals surface area (Å²) in [6.07, 6.45) is 4.67. The summed E-state index contributed by atoms with van der Waals surface area (Å²) in [5.41, 5.74) is 1.70. The maximum atomic E-state index is 13.0. The molecule has 3 nitrogen and oxygen atoms in total. The van der Waals surface area contributed by atoms with Gasteiger partial charge in [0.05, 0.1) is 12.5 Å². The van der Waals surface area contributed by atoms with Crippen LogP contribution in [-0.4, -0.2) is 19.6 Å². The fourth-order valence-electron chi connectivity index (χ4n) is 3.80. The van der Waals surface area contributed by atoms with E-state index in [0.717, 1.165) is 49.0 Å². The standard InChI is InChI=1S/C21H24ClNO2/c1-25-19-10-3-2-7-16(19)11-14-23-20(24)21(12-4-5-13-21)17-8-6-9-18(22)15-17/h2-3,6-10,15H,4-5,11-14H2,1H3,(H,23,24). The first-order valence-electron chi connectivity index (χ1n) is 8.82. The van der Waals surface area contributed by atoms with Crippen LogP contribution in [0.3, 0.4) is 0 Å². The number of carbonyl (C=O) groups is 1. The van der Waals surface area contributed by atoms with E-state index in [1.165, 1.54) is 0 Å².